The van der Waals surface area contributed by atoms with E-state index in [-0.39, 0.29) is 11.6 Å². The van der Waals surface area contributed by atoms with Crippen LogP contribution in [0.5, 0.6) is 0 Å². The summed E-state index contributed by atoms with van der Waals surface area (Å²) in [7, 11) is 0. The highest BCUT2D eigenvalue weighted by atomic mass is 16.1. The zero-order chi connectivity index (χ0) is 15.4. The summed E-state index contributed by atoms with van der Waals surface area (Å²) in [5.41, 5.74) is 0.921. The van der Waals surface area contributed by atoms with Crippen LogP contribution >= 0.6 is 0 Å². The van der Waals surface area contributed by atoms with E-state index in [0.717, 1.165) is 32.2 Å². The Morgan fingerprint density at radius 3 is 3.14 bits per heavy atom. The lowest BCUT2D eigenvalue weighted by atomic mass is 9.92. The number of terminal acetylenes is 1. The molecule has 1 amide bonds. The number of nitrogens with zero attached hydrogens (tertiary/aromatic N) is 4. The molecule has 2 aliphatic heterocycles. The molecule has 3 rings (SSSR count). The molecule has 0 saturated carbocycles. The topological polar surface area (TPSA) is 71.6 Å². The summed E-state index contributed by atoms with van der Waals surface area (Å²) in [6, 6.07) is 0. The average Bonchev–Trinajstić information content (AvgIpc) is 3.12. The van der Waals surface area contributed by atoms with E-state index in [4.69, 9.17) is 6.42 Å². The molecule has 0 spiro atoms. The highest BCUT2D eigenvalue weighted by molar-refractivity contribution is 5.76. The third-order valence-corrected chi connectivity index (χ3v) is 4.45. The molecule has 1 aromatic heterocycles. The molecule has 1 aromatic rings. The van der Waals surface area contributed by atoms with Crippen LogP contribution in [0.15, 0.2) is 22.8 Å². The van der Waals surface area contributed by atoms with Crippen molar-refractivity contribution in [1.82, 2.24) is 14.9 Å². The zero-order valence-electron chi connectivity index (χ0n) is 12.7. The first-order chi connectivity index (χ1) is 10.7. The maximum absolute atomic E-state index is 12.1. The molecule has 0 saturated heterocycles. The number of hydrogen-bond donors (Lipinski definition) is 1. The van der Waals surface area contributed by atoms with Crippen LogP contribution < -0.4 is 5.32 Å². The Kier molecular flexibility index (Phi) is 4.23. The molecule has 0 bridgehead atoms. The van der Waals surface area contributed by atoms with E-state index in [1.165, 1.54) is 5.69 Å². The molecule has 0 fully saturated rings. The van der Waals surface area contributed by atoms with Crippen LogP contribution in [0.3, 0.4) is 0 Å². The summed E-state index contributed by atoms with van der Waals surface area (Å²) >= 11 is 0. The summed E-state index contributed by atoms with van der Waals surface area (Å²) in [5.74, 6) is 3.14. The fourth-order valence-corrected chi connectivity index (χ4v) is 3.02. The summed E-state index contributed by atoms with van der Waals surface area (Å²) in [6.07, 6.45) is 13.8. The number of amides is 1. The van der Waals surface area contributed by atoms with Crippen molar-refractivity contribution in [3.05, 3.63) is 18.2 Å². The first-order valence-electron chi connectivity index (χ1n) is 7.84. The number of aryl methyl sites for hydroxylation is 1. The quantitative estimate of drug-likeness (QED) is 0.781. The number of carbonyl (C=O) groups excluding carboxylic acids is 1. The van der Waals surface area contributed by atoms with Gasteiger partial charge in [0.2, 0.25) is 5.91 Å². The van der Waals surface area contributed by atoms with E-state index in [1.807, 2.05) is 12.5 Å². The van der Waals surface area contributed by atoms with Crippen LogP contribution in [0.4, 0.5) is 0 Å². The lowest BCUT2D eigenvalue weighted by molar-refractivity contribution is -0.122. The van der Waals surface area contributed by atoms with Gasteiger partial charge in [-0.1, -0.05) is 0 Å². The van der Waals surface area contributed by atoms with Crippen molar-refractivity contribution in [2.24, 2.45) is 16.1 Å². The maximum Gasteiger partial charge on any atom is 0.220 e. The normalized spacial score (nSPS) is 21.0. The SMILES string of the molecule is C#CCCC1(CCNC(=O)CC2CCn3cncc3C2)N=N1. The van der Waals surface area contributed by atoms with Crippen LogP contribution in [0.2, 0.25) is 0 Å². The highest BCUT2D eigenvalue weighted by Gasteiger charge is 2.38. The van der Waals surface area contributed by atoms with Crippen molar-refractivity contribution in [1.29, 1.82) is 0 Å². The van der Waals surface area contributed by atoms with Gasteiger partial charge in [-0.05, 0) is 18.8 Å². The maximum atomic E-state index is 12.1. The number of imidazole rings is 1. The van der Waals surface area contributed by atoms with Crippen molar-refractivity contribution < 1.29 is 4.79 Å². The van der Waals surface area contributed by atoms with Gasteiger partial charge in [0.05, 0.1) is 6.33 Å². The van der Waals surface area contributed by atoms with Crippen LogP contribution in [0, 0.1) is 18.3 Å². The summed E-state index contributed by atoms with van der Waals surface area (Å²) in [4.78, 5) is 16.2. The van der Waals surface area contributed by atoms with E-state index >= 15 is 0 Å². The van der Waals surface area contributed by atoms with Crippen molar-refractivity contribution in [2.75, 3.05) is 6.54 Å². The Hall–Kier alpha value is -2.16. The van der Waals surface area contributed by atoms with E-state index < -0.39 is 0 Å². The molecule has 22 heavy (non-hydrogen) atoms. The Morgan fingerprint density at radius 2 is 2.36 bits per heavy atom. The molecule has 0 radical (unpaired) electrons. The van der Waals surface area contributed by atoms with Crippen LogP contribution in [-0.2, 0) is 17.8 Å². The van der Waals surface area contributed by atoms with E-state index in [1.54, 1.807) is 0 Å². The molecule has 1 N–H and O–H groups in total. The number of carbonyl (C=O) groups is 1. The van der Waals surface area contributed by atoms with Gasteiger partial charge in [-0.2, -0.15) is 10.2 Å². The number of rotatable bonds is 7. The van der Waals surface area contributed by atoms with Crippen molar-refractivity contribution >= 4 is 5.91 Å². The third kappa shape index (κ3) is 3.53. The van der Waals surface area contributed by atoms with Gasteiger partial charge < -0.3 is 9.88 Å². The van der Waals surface area contributed by atoms with E-state index in [0.29, 0.717) is 25.3 Å². The molecule has 1 unspecified atom stereocenters. The molecular formula is C16H21N5O. The first-order valence-corrected chi connectivity index (χ1v) is 7.84. The van der Waals surface area contributed by atoms with Gasteiger partial charge in [0.1, 0.15) is 0 Å². The molecular weight excluding hydrogens is 278 g/mol. The molecule has 6 heteroatoms. The minimum absolute atomic E-state index is 0.116. The van der Waals surface area contributed by atoms with Gasteiger partial charge >= 0.3 is 0 Å². The lowest BCUT2D eigenvalue weighted by Crippen LogP contribution is -2.31. The van der Waals surface area contributed by atoms with Crippen molar-refractivity contribution in [3.8, 4) is 12.3 Å². The van der Waals surface area contributed by atoms with E-state index in [9.17, 15) is 4.79 Å². The van der Waals surface area contributed by atoms with Gasteiger partial charge in [0.25, 0.3) is 0 Å². The number of nitrogens with one attached hydrogen (secondary N) is 1. The summed E-state index contributed by atoms with van der Waals surface area (Å²) < 4.78 is 2.17. The number of aromatic nitrogens is 2. The predicted octanol–water partition coefficient (Wildman–Crippen LogP) is 1.92. The van der Waals surface area contributed by atoms with Gasteiger partial charge in [0.15, 0.2) is 5.66 Å². The molecule has 1 atom stereocenters. The monoisotopic (exact) mass is 299 g/mol. The molecule has 116 valence electrons. The number of hydrogen-bond acceptors (Lipinski definition) is 4. The highest BCUT2D eigenvalue weighted by Crippen LogP contribution is 2.36. The van der Waals surface area contributed by atoms with Gasteiger partial charge in [-0.25, -0.2) is 4.98 Å². The lowest BCUT2D eigenvalue weighted by Gasteiger charge is -2.23. The number of fused-ring (bicyclic) bond motifs is 1. The van der Waals surface area contributed by atoms with Crippen molar-refractivity contribution in [2.45, 2.75) is 50.7 Å². The van der Waals surface area contributed by atoms with Crippen LogP contribution in [0.25, 0.3) is 0 Å². The van der Waals surface area contributed by atoms with Crippen LogP contribution in [0.1, 0.15) is 37.8 Å². The summed E-state index contributed by atoms with van der Waals surface area (Å²) in [5, 5.41) is 11.1. The minimum Gasteiger partial charge on any atom is -0.356 e. The third-order valence-electron chi connectivity index (χ3n) is 4.45. The van der Waals surface area contributed by atoms with E-state index in [2.05, 4.69) is 31.0 Å². The Labute approximate surface area is 130 Å². The molecule has 6 nitrogen and oxygen atoms in total. The Bertz CT molecular complexity index is 606. The molecule has 0 aliphatic carbocycles. The van der Waals surface area contributed by atoms with Crippen LogP contribution in [-0.4, -0.2) is 27.7 Å². The van der Waals surface area contributed by atoms with Gasteiger partial charge in [-0.3, -0.25) is 4.79 Å². The summed E-state index contributed by atoms with van der Waals surface area (Å²) in [6.45, 7) is 1.57. The van der Waals surface area contributed by atoms with Crippen molar-refractivity contribution in [3.63, 3.8) is 0 Å². The standard InChI is InChI=1S/C16H21N5O/c1-2-3-5-16(19-20-16)6-7-18-15(22)10-13-4-8-21-12-17-11-14(21)9-13/h1,11-13H,3-10H2,(H,18,22). The minimum atomic E-state index is -0.309. The second-order valence-electron chi connectivity index (χ2n) is 6.13. The predicted molar refractivity (Wildman–Crippen MR) is 81.9 cm³/mol. The fraction of sp³-hybridized carbons (Fsp3) is 0.625. The fourth-order valence-electron chi connectivity index (χ4n) is 3.02. The Morgan fingerprint density at radius 1 is 1.50 bits per heavy atom. The average molecular weight is 299 g/mol. The Balaban J connectivity index is 1.36. The van der Waals surface area contributed by atoms with Gasteiger partial charge in [0, 0.05) is 50.7 Å². The second-order valence-corrected chi connectivity index (χ2v) is 6.13. The second kappa shape index (κ2) is 6.30. The first kappa shape index (κ1) is 14.8. The molecule has 0 aromatic carbocycles. The van der Waals surface area contributed by atoms with Gasteiger partial charge in [-0.15, -0.1) is 12.3 Å². The largest absolute Gasteiger partial charge is 0.356 e. The zero-order valence-corrected chi connectivity index (χ0v) is 12.7. The smallest absolute Gasteiger partial charge is 0.220 e. The molecule has 3 heterocycles. The molecule has 2 aliphatic rings.